The van der Waals surface area contributed by atoms with Crippen LogP contribution in [0.15, 0.2) is 54.9 Å². The van der Waals surface area contributed by atoms with E-state index in [-0.39, 0.29) is 17.7 Å². The standard InChI is InChI=1S/C24H26N4O/c1-15(2)23-26-14-20(21-6-4-5-11-25-21)22(28-23)18-9-7-17(8-10-18)13-27-24(29)19-12-16(19)3/h4-11,14-16,19H,12-13H2,1-3H3,(H,27,29)/t16-,19-/m1/s1. The van der Waals surface area contributed by atoms with Crippen molar-refractivity contribution in [2.45, 2.75) is 39.7 Å². The monoisotopic (exact) mass is 386 g/mol. The van der Waals surface area contributed by atoms with Crippen LogP contribution in [0, 0.1) is 11.8 Å². The van der Waals surface area contributed by atoms with E-state index in [1.165, 1.54) is 0 Å². The average Bonchev–Trinajstić information content (AvgIpc) is 3.49. The summed E-state index contributed by atoms with van der Waals surface area (Å²) in [4.78, 5) is 25.9. The van der Waals surface area contributed by atoms with Crippen molar-refractivity contribution in [2.24, 2.45) is 11.8 Å². The Bertz CT molecular complexity index is 999. The lowest BCUT2D eigenvalue weighted by atomic mass is 10.0. The van der Waals surface area contributed by atoms with Crippen LogP contribution in [0.4, 0.5) is 0 Å². The Morgan fingerprint density at radius 2 is 1.90 bits per heavy atom. The second-order valence-corrected chi connectivity index (χ2v) is 8.09. The van der Waals surface area contributed by atoms with Gasteiger partial charge in [0.05, 0.1) is 11.4 Å². The molecular formula is C24H26N4O. The van der Waals surface area contributed by atoms with Crippen LogP contribution in [0.3, 0.4) is 0 Å². The maximum atomic E-state index is 12.0. The molecule has 148 valence electrons. The molecule has 1 aliphatic carbocycles. The normalized spacial score (nSPS) is 17.9. The molecule has 0 unspecified atom stereocenters. The van der Waals surface area contributed by atoms with Gasteiger partial charge in [-0.25, -0.2) is 9.97 Å². The zero-order valence-electron chi connectivity index (χ0n) is 17.1. The van der Waals surface area contributed by atoms with E-state index in [2.05, 4.69) is 48.2 Å². The summed E-state index contributed by atoms with van der Waals surface area (Å²) < 4.78 is 0. The van der Waals surface area contributed by atoms with E-state index in [9.17, 15) is 4.79 Å². The summed E-state index contributed by atoms with van der Waals surface area (Å²) in [6.07, 6.45) is 4.65. The number of carbonyl (C=O) groups is 1. The highest BCUT2D eigenvalue weighted by Gasteiger charge is 2.38. The summed E-state index contributed by atoms with van der Waals surface area (Å²) >= 11 is 0. The first-order valence-corrected chi connectivity index (χ1v) is 10.2. The number of amides is 1. The molecule has 1 fully saturated rings. The van der Waals surface area contributed by atoms with Crippen LogP contribution in [0.1, 0.15) is 44.5 Å². The maximum Gasteiger partial charge on any atom is 0.223 e. The van der Waals surface area contributed by atoms with Crippen molar-refractivity contribution in [1.29, 1.82) is 0 Å². The number of nitrogens with zero attached hydrogens (tertiary/aromatic N) is 3. The molecule has 4 rings (SSSR count). The third kappa shape index (κ3) is 4.34. The van der Waals surface area contributed by atoms with Gasteiger partial charge in [0.2, 0.25) is 5.91 Å². The Kier molecular flexibility index (Phi) is 5.38. The fourth-order valence-electron chi connectivity index (χ4n) is 3.39. The van der Waals surface area contributed by atoms with Gasteiger partial charge >= 0.3 is 0 Å². The smallest absolute Gasteiger partial charge is 0.223 e. The van der Waals surface area contributed by atoms with Crippen molar-refractivity contribution in [2.75, 3.05) is 0 Å². The first kappa shape index (κ1) is 19.2. The van der Waals surface area contributed by atoms with Crippen LogP contribution < -0.4 is 5.32 Å². The number of pyridine rings is 1. The number of aromatic nitrogens is 3. The van der Waals surface area contributed by atoms with E-state index >= 15 is 0 Å². The van der Waals surface area contributed by atoms with Crippen molar-refractivity contribution in [3.05, 3.63) is 66.2 Å². The molecule has 3 aromatic rings. The lowest BCUT2D eigenvalue weighted by molar-refractivity contribution is -0.122. The molecule has 1 saturated carbocycles. The fourth-order valence-corrected chi connectivity index (χ4v) is 3.39. The molecule has 2 aromatic heterocycles. The summed E-state index contributed by atoms with van der Waals surface area (Å²) in [5.74, 6) is 1.94. The number of nitrogens with one attached hydrogen (secondary N) is 1. The van der Waals surface area contributed by atoms with E-state index in [0.29, 0.717) is 12.5 Å². The lowest BCUT2D eigenvalue weighted by Gasteiger charge is -2.12. The number of carbonyl (C=O) groups excluding carboxylic acids is 1. The molecule has 0 spiro atoms. The second-order valence-electron chi connectivity index (χ2n) is 8.09. The fraction of sp³-hybridized carbons (Fsp3) is 0.333. The molecular weight excluding hydrogens is 360 g/mol. The third-order valence-corrected chi connectivity index (χ3v) is 5.40. The molecule has 0 saturated heterocycles. The first-order chi connectivity index (χ1) is 14.0. The van der Waals surface area contributed by atoms with Crippen LogP contribution in [0.25, 0.3) is 22.5 Å². The van der Waals surface area contributed by atoms with Crippen LogP contribution in [-0.2, 0) is 11.3 Å². The molecule has 0 bridgehead atoms. The topological polar surface area (TPSA) is 67.8 Å². The van der Waals surface area contributed by atoms with Crippen molar-refractivity contribution < 1.29 is 4.79 Å². The molecule has 2 atom stereocenters. The number of benzene rings is 1. The van der Waals surface area contributed by atoms with Crippen molar-refractivity contribution >= 4 is 5.91 Å². The predicted molar refractivity (Wildman–Crippen MR) is 114 cm³/mol. The maximum absolute atomic E-state index is 12.0. The lowest BCUT2D eigenvalue weighted by Crippen LogP contribution is -2.24. The summed E-state index contributed by atoms with van der Waals surface area (Å²) in [6.45, 7) is 6.85. The molecule has 1 aliphatic rings. The third-order valence-electron chi connectivity index (χ3n) is 5.40. The molecule has 0 aliphatic heterocycles. The molecule has 1 amide bonds. The number of rotatable bonds is 6. The van der Waals surface area contributed by atoms with Gasteiger partial charge in [-0.15, -0.1) is 0 Å². The summed E-state index contributed by atoms with van der Waals surface area (Å²) in [5, 5.41) is 3.04. The van der Waals surface area contributed by atoms with E-state index in [0.717, 1.165) is 40.3 Å². The van der Waals surface area contributed by atoms with Gasteiger partial charge in [-0.3, -0.25) is 9.78 Å². The highest BCUT2D eigenvalue weighted by molar-refractivity contribution is 5.81. The Morgan fingerprint density at radius 1 is 1.14 bits per heavy atom. The molecule has 1 aromatic carbocycles. The second kappa shape index (κ2) is 8.11. The van der Waals surface area contributed by atoms with E-state index in [1.54, 1.807) is 6.20 Å². The van der Waals surface area contributed by atoms with Crippen LogP contribution in [0.2, 0.25) is 0 Å². The number of hydrogen-bond acceptors (Lipinski definition) is 4. The van der Waals surface area contributed by atoms with Crippen LogP contribution in [-0.4, -0.2) is 20.9 Å². The van der Waals surface area contributed by atoms with Gasteiger partial charge < -0.3 is 5.32 Å². The Balaban J connectivity index is 1.59. The quantitative estimate of drug-likeness (QED) is 0.672. The van der Waals surface area contributed by atoms with Gasteiger partial charge in [-0.05, 0) is 30.0 Å². The van der Waals surface area contributed by atoms with Gasteiger partial charge in [0.15, 0.2) is 0 Å². The molecule has 5 heteroatoms. The van der Waals surface area contributed by atoms with Gasteiger partial charge in [0.25, 0.3) is 0 Å². The van der Waals surface area contributed by atoms with Crippen molar-refractivity contribution in [3.8, 4) is 22.5 Å². The zero-order valence-corrected chi connectivity index (χ0v) is 17.1. The van der Waals surface area contributed by atoms with Crippen molar-refractivity contribution in [1.82, 2.24) is 20.3 Å². The minimum Gasteiger partial charge on any atom is -0.352 e. The van der Waals surface area contributed by atoms with Gasteiger partial charge in [0.1, 0.15) is 5.82 Å². The summed E-state index contributed by atoms with van der Waals surface area (Å²) in [6, 6.07) is 14.0. The van der Waals surface area contributed by atoms with E-state index in [1.807, 2.05) is 36.5 Å². The average molecular weight is 386 g/mol. The van der Waals surface area contributed by atoms with Crippen molar-refractivity contribution in [3.63, 3.8) is 0 Å². The molecule has 1 N–H and O–H groups in total. The van der Waals surface area contributed by atoms with Gasteiger partial charge in [-0.1, -0.05) is 51.1 Å². The van der Waals surface area contributed by atoms with Gasteiger partial charge in [0, 0.05) is 41.9 Å². The Labute approximate surface area is 171 Å². The summed E-state index contributed by atoms with van der Waals surface area (Å²) in [7, 11) is 0. The van der Waals surface area contributed by atoms with Crippen LogP contribution in [0.5, 0.6) is 0 Å². The Morgan fingerprint density at radius 3 is 2.52 bits per heavy atom. The number of hydrogen-bond donors (Lipinski definition) is 1. The summed E-state index contributed by atoms with van der Waals surface area (Å²) in [5.41, 5.74) is 4.74. The minimum atomic E-state index is 0.163. The molecule has 5 nitrogen and oxygen atoms in total. The van der Waals surface area contributed by atoms with Crippen LogP contribution >= 0.6 is 0 Å². The highest BCUT2D eigenvalue weighted by Crippen LogP contribution is 2.37. The Hall–Kier alpha value is -3.08. The first-order valence-electron chi connectivity index (χ1n) is 10.2. The molecule has 0 radical (unpaired) electrons. The predicted octanol–water partition coefficient (Wildman–Crippen LogP) is 4.60. The van der Waals surface area contributed by atoms with Gasteiger partial charge in [-0.2, -0.15) is 0 Å². The largest absolute Gasteiger partial charge is 0.352 e. The zero-order chi connectivity index (χ0) is 20.4. The van der Waals surface area contributed by atoms with E-state index < -0.39 is 0 Å². The van der Waals surface area contributed by atoms with E-state index in [4.69, 9.17) is 4.98 Å². The highest BCUT2D eigenvalue weighted by atomic mass is 16.2. The minimum absolute atomic E-state index is 0.163. The molecule has 29 heavy (non-hydrogen) atoms. The SMILES string of the molecule is CC(C)c1ncc(-c2ccccn2)c(-c2ccc(CNC(=O)[C@@H]3C[C@H]3C)cc2)n1. The molecule has 2 heterocycles.